The highest BCUT2D eigenvalue weighted by atomic mass is 35.5. The van der Waals surface area contributed by atoms with E-state index >= 15 is 0 Å². The van der Waals surface area contributed by atoms with E-state index in [1.165, 1.54) is 0 Å². The van der Waals surface area contributed by atoms with Crippen molar-refractivity contribution < 1.29 is 0 Å². The van der Waals surface area contributed by atoms with Crippen LogP contribution in [0.3, 0.4) is 0 Å². The van der Waals surface area contributed by atoms with Crippen molar-refractivity contribution in [3.8, 4) is 0 Å². The van der Waals surface area contributed by atoms with Gasteiger partial charge in [0.15, 0.2) is 0 Å². The van der Waals surface area contributed by atoms with E-state index in [9.17, 15) is 0 Å². The smallest absolute Gasteiger partial charge is 0.133 e. The standard InChI is InChI=1S/C12H10Cl3N/c1-6(2)9-4-7-3-8(13)5-10(14)11(7)16-12(9)15/h3-6H,1-2H3. The van der Waals surface area contributed by atoms with Gasteiger partial charge in [-0.1, -0.05) is 48.7 Å². The SMILES string of the molecule is CC(C)c1cc2cc(Cl)cc(Cl)c2nc1Cl. The first-order valence-corrected chi connectivity index (χ1v) is 6.07. The Bertz CT molecular complexity index is 549. The minimum atomic E-state index is 0.321. The monoisotopic (exact) mass is 273 g/mol. The summed E-state index contributed by atoms with van der Waals surface area (Å²) < 4.78 is 0. The van der Waals surface area contributed by atoms with Gasteiger partial charge in [0.1, 0.15) is 5.15 Å². The van der Waals surface area contributed by atoms with E-state index in [0.29, 0.717) is 26.6 Å². The predicted molar refractivity (Wildman–Crippen MR) is 70.9 cm³/mol. The van der Waals surface area contributed by atoms with E-state index in [-0.39, 0.29) is 0 Å². The van der Waals surface area contributed by atoms with E-state index in [0.717, 1.165) is 10.9 Å². The summed E-state index contributed by atoms with van der Waals surface area (Å²) in [5.74, 6) is 0.321. The zero-order valence-electron chi connectivity index (χ0n) is 8.89. The molecule has 0 saturated carbocycles. The lowest BCUT2D eigenvalue weighted by Crippen LogP contribution is -1.93. The molecule has 2 rings (SSSR count). The van der Waals surface area contributed by atoms with Crippen LogP contribution in [0.2, 0.25) is 15.2 Å². The van der Waals surface area contributed by atoms with Gasteiger partial charge in [0.25, 0.3) is 0 Å². The number of pyridine rings is 1. The van der Waals surface area contributed by atoms with Crippen molar-refractivity contribution in [2.75, 3.05) is 0 Å². The highest BCUT2D eigenvalue weighted by Crippen LogP contribution is 2.32. The summed E-state index contributed by atoms with van der Waals surface area (Å²) in [6, 6.07) is 5.51. The summed E-state index contributed by atoms with van der Waals surface area (Å²) in [6.07, 6.45) is 0. The number of fused-ring (bicyclic) bond motifs is 1. The van der Waals surface area contributed by atoms with Gasteiger partial charge in [-0.2, -0.15) is 0 Å². The molecular weight excluding hydrogens is 264 g/mol. The fraction of sp³-hybridized carbons (Fsp3) is 0.250. The third kappa shape index (κ3) is 2.13. The van der Waals surface area contributed by atoms with Crippen LogP contribution in [0.4, 0.5) is 0 Å². The molecule has 0 saturated heterocycles. The first-order chi connectivity index (χ1) is 7.49. The molecule has 0 amide bonds. The molecule has 4 heteroatoms. The molecule has 0 fully saturated rings. The van der Waals surface area contributed by atoms with Crippen LogP contribution in [-0.4, -0.2) is 4.98 Å². The Balaban J connectivity index is 2.79. The lowest BCUT2D eigenvalue weighted by atomic mass is 10.0. The number of rotatable bonds is 1. The maximum atomic E-state index is 6.11. The molecule has 0 unspecified atom stereocenters. The van der Waals surface area contributed by atoms with Crippen molar-refractivity contribution in [2.45, 2.75) is 19.8 Å². The van der Waals surface area contributed by atoms with Gasteiger partial charge in [-0.25, -0.2) is 4.98 Å². The molecule has 1 aromatic heterocycles. The number of halogens is 3. The summed E-state index contributed by atoms with van der Waals surface area (Å²) in [5.41, 5.74) is 1.70. The minimum absolute atomic E-state index is 0.321. The molecule has 0 bridgehead atoms. The van der Waals surface area contributed by atoms with Crippen molar-refractivity contribution in [3.63, 3.8) is 0 Å². The van der Waals surface area contributed by atoms with Gasteiger partial charge >= 0.3 is 0 Å². The highest BCUT2D eigenvalue weighted by molar-refractivity contribution is 6.38. The molecular formula is C12H10Cl3N. The Labute approximate surface area is 109 Å². The second kappa shape index (κ2) is 4.40. The van der Waals surface area contributed by atoms with Crippen molar-refractivity contribution in [3.05, 3.63) is 39.0 Å². The zero-order chi connectivity index (χ0) is 11.9. The van der Waals surface area contributed by atoms with Crippen LogP contribution in [0.5, 0.6) is 0 Å². The maximum Gasteiger partial charge on any atom is 0.133 e. The topological polar surface area (TPSA) is 12.9 Å². The summed E-state index contributed by atoms with van der Waals surface area (Å²) in [6.45, 7) is 4.14. The molecule has 0 spiro atoms. The highest BCUT2D eigenvalue weighted by Gasteiger charge is 2.11. The third-order valence-electron chi connectivity index (χ3n) is 2.44. The van der Waals surface area contributed by atoms with E-state index < -0.39 is 0 Å². The summed E-state index contributed by atoms with van der Waals surface area (Å²) in [4.78, 5) is 4.31. The predicted octanol–water partition coefficient (Wildman–Crippen LogP) is 5.32. The van der Waals surface area contributed by atoms with Crippen LogP contribution in [0.1, 0.15) is 25.3 Å². The van der Waals surface area contributed by atoms with Crippen LogP contribution in [0, 0.1) is 0 Å². The number of aromatic nitrogens is 1. The van der Waals surface area contributed by atoms with Crippen molar-refractivity contribution in [1.29, 1.82) is 0 Å². The normalized spacial score (nSPS) is 11.4. The number of hydrogen-bond donors (Lipinski definition) is 0. The summed E-state index contributed by atoms with van der Waals surface area (Å²) in [5, 5.41) is 2.56. The Hall–Kier alpha value is -0.500. The molecule has 0 aliphatic rings. The lowest BCUT2D eigenvalue weighted by Gasteiger charge is -2.10. The maximum absolute atomic E-state index is 6.11. The third-order valence-corrected chi connectivity index (χ3v) is 3.25. The minimum Gasteiger partial charge on any atom is -0.234 e. The first kappa shape index (κ1) is 12.0. The van der Waals surface area contributed by atoms with E-state index in [2.05, 4.69) is 18.8 Å². The molecule has 0 aliphatic heterocycles. The first-order valence-electron chi connectivity index (χ1n) is 4.94. The molecule has 84 valence electrons. The molecule has 0 atom stereocenters. The van der Waals surface area contributed by atoms with Crippen molar-refractivity contribution >= 4 is 45.7 Å². The molecule has 16 heavy (non-hydrogen) atoms. The van der Waals surface area contributed by atoms with Crippen LogP contribution >= 0.6 is 34.8 Å². The molecule has 0 aliphatic carbocycles. The van der Waals surface area contributed by atoms with Gasteiger partial charge in [-0.05, 0) is 29.7 Å². The molecule has 2 aromatic rings. The van der Waals surface area contributed by atoms with Crippen LogP contribution < -0.4 is 0 Å². The Morgan fingerprint density at radius 3 is 2.38 bits per heavy atom. The zero-order valence-corrected chi connectivity index (χ0v) is 11.2. The molecule has 1 aromatic carbocycles. The van der Waals surface area contributed by atoms with E-state index in [1.807, 2.05) is 12.1 Å². The van der Waals surface area contributed by atoms with Crippen molar-refractivity contribution in [2.24, 2.45) is 0 Å². The molecule has 0 radical (unpaired) electrons. The van der Waals surface area contributed by atoms with E-state index in [1.54, 1.807) is 6.07 Å². The molecule has 0 N–H and O–H groups in total. The average Bonchev–Trinajstić information content (AvgIpc) is 2.18. The number of hydrogen-bond acceptors (Lipinski definition) is 1. The fourth-order valence-electron chi connectivity index (χ4n) is 1.61. The summed E-state index contributed by atoms with van der Waals surface area (Å²) >= 11 is 18.1. The average molecular weight is 275 g/mol. The quantitative estimate of drug-likeness (QED) is 0.641. The van der Waals surface area contributed by atoms with Gasteiger partial charge in [-0.3, -0.25) is 0 Å². The Kier molecular flexibility index (Phi) is 3.29. The lowest BCUT2D eigenvalue weighted by molar-refractivity contribution is 0.862. The van der Waals surface area contributed by atoms with Crippen LogP contribution in [-0.2, 0) is 0 Å². The summed E-state index contributed by atoms with van der Waals surface area (Å²) in [7, 11) is 0. The fourth-order valence-corrected chi connectivity index (χ4v) is 2.52. The van der Waals surface area contributed by atoms with Gasteiger partial charge in [0, 0.05) is 10.4 Å². The van der Waals surface area contributed by atoms with Gasteiger partial charge < -0.3 is 0 Å². The molecule has 1 heterocycles. The number of benzene rings is 1. The van der Waals surface area contributed by atoms with Crippen molar-refractivity contribution in [1.82, 2.24) is 4.98 Å². The van der Waals surface area contributed by atoms with Crippen LogP contribution in [0.25, 0.3) is 10.9 Å². The Morgan fingerprint density at radius 1 is 1.06 bits per heavy atom. The van der Waals surface area contributed by atoms with Crippen LogP contribution in [0.15, 0.2) is 18.2 Å². The molecule has 1 nitrogen and oxygen atoms in total. The Morgan fingerprint density at radius 2 is 1.75 bits per heavy atom. The number of nitrogens with zero attached hydrogens (tertiary/aromatic N) is 1. The van der Waals surface area contributed by atoms with Gasteiger partial charge in [0.05, 0.1) is 10.5 Å². The van der Waals surface area contributed by atoms with E-state index in [4.69, 9.17) is 34.8 Å². The van der Waals surface area contributed by atoms with Gasteiger partial charge in [0.2, 0.25) is 0 Å². The van der Waals surface area contributed by atoms with Gasteiger partial charge in [-0.15, -0.1) is 0 Å². The largest absolute Gasteiger partial charge is 0.234 e. The second-order valence-electron chi connectivity index (χ2n) is 3.98. The second-order valence-corrected chi connectivity index (χ2v) is 5.18.